The molecule has 1 unspecified atom stereocenters. The standard InChI is InChI=1S/C13H26N2.C6H14.2C2H6/c1-5-8-15(10-14)12-7-6-11(9-12)13(2,3)4;1-5-6(2,3)4;2*1-2/h10-12,14H,5-9H2,1-4H3;5H2,1-4H3;2*1-2H3/t11-,12?;;;/m0.../s1. The molecule has 1 aliphatic carbocycles. The molecule has 2 heteroatoms. The van der Waals surface area contributed by atoms with Crippen LogP contribution in [0.2, 0.25) is 0 Å². The maximum Gasteiger partial charge on any atom is 0.0819 e. The van der Waals surface area contributed by atoms with Crippen LogP contribution in [-0.4, -0.2) is 23.8 Å². The molecule has 0 saturated heterocycles. The van der Waals surface area contributed by atoms with Crippen LogP contribution in [-0.2, 0) is 0 Å². The van der Waals surface area contributed by atoms with Gasteiger partial charge in [0, 0.05) is 12.6 Å². The second kappa shape index (κ2) is 15.7. The monoisotopic (exact) mass is 356 g/mol. The van der Waals surface area contributed by atoms with Gasteiger partial charge in [-0.25, -0.2) is 0 Å². The molecule has 25 heavy (non-hydrogen) atoms. The third-order valence-corrected chi connectivity index (χ3v) is 4.81. The van der Waals surface area contributed by atoms with Crippen LogP contribution < -0.4 is 0 Å². The van der Waals surface area contributed by atoms with Crippen LogP contribution in [0.4, 0.5) is 0 Å². The van der Waals surface area contributed by atoms with E-state index in [0.717, 1.165) is 18.9 Å². The third kappa shape index (κ3) is 15.4. The topological polar surface area (TPSA) is 27.1 Å². The summed E-state index contributed by atoms with van der Waals surface area (Å²) >= 11 is 0. The van der Waals surface area contributed by atoms with Crippen molar-refractivity contribution in [3.8, 4) is 0 Å². The predicted molar refractivity (Wildman–Crippen MR) is 119 cm³/mol. The van der Waals surface area contributed by atoms with Crippen molar-refractivity contribution in [2.45, 2.75) is 121 Å². The van der Waals surface area contributed by atoms with E-state index in [1.807, 2.05) is 27.7 Å². The highest BCUT2D eigenvalue weighted by atomic mass is 15.2. The summed E-state index contributed by atoms with van der Waals surface area (Å²) in [7, 11) is 0. The van der Waals surface area contributed by atoms with E-state index in [4.69, 9.17) is 5.41 Å². The number of hydrogen-bond donors (Lipinski definition) is 1. The zero-order valence-corrected chi connectivity index (χ0v) is 19.9. The van der Waals surface area contributed by atoms with Crippen LogP contribution in [0.5, 0.6) is 0 Å². The summed E-state index contributed by atoms with van der Waals surface area (Å²) in [6, 6.07) is 0.631. The van der Waals surface area contributed by atoms with E-state index in [0.29, 0.717) is 16.9 Å². The molecular formula is C23H52N2. The molecular weight excluding hydrogens is 304 g/mol. The third-order valence-electron chi connectivity index (χ3n) is 4.81. The quantitative estimate of drug-likeness (QED) is 0.400. The maximum atomic E-state index is 7.45. The molecule has 0 spiro atoms. The molecule has 1 aliphatic rings. The maximum absolute atomic E-state index is 7.45. The molecule has 1 saturated carbocycles. The summed E-state index contributed by atoms with van der Waals surface area (Å²) < 4.78 is 0. The van der Waals surface area contributed by atoms with E-state index in [2.05, 4.69) is 60.3 Å². The van der Waals surface area contributed by atoms with Gasteiger partial charge in [-0.05, 0) is 42.4 Å². The van der Waals surface area contributed by atoms with E-state index in [1.54, 1.807) is 6.34 Å². The highest BCUT2D eigenvalue weighted by Crippen LogP contribution is 2.40. The number of nitrogens with zero attached hydrogens (tertiary/aromatic N) is 1. The molecule has 0 amide bonds. The first kappa shape index (κ1) is 29.2. The van der Waals surface area contributed by atoms with Crippen molar-refractivity contribution >= 4 is 6.34 Å². The first-order valence-electron chi connectivity index (χ1n) is 10.8. The van der Waals surface area contributed by atoms with Gasteiger partial charge in [-0.1, -0.05) is 89.5 Å². The van der Waals surface area contributed by atoms with Crippen molar-refractivity contribution in [3.05, 3.63) is 0 Å². The zero-order chi connectivity index (χ0) is 20.7. The Labute approximate surface area is 161 Å². The van der Waals surface area contributed by atoms with Gasteiger partial charge in [0.25, 0.3) is 0 Å². The minimum Gasteiger partial charge on any atom is -0.360 e. The van der Waals surface area contributed by atoms with Crippen LogP contribution >= 0.6 is 0 Å². The van der Waals surface area contributed by atoms with Gasteiger partial charge in [0.15, 0.2) is 0 Å². The van der Waals surface area contributed by atoms with Gasteiger partial charge in [0.1, 0.15) is 0 Å². The Morgan fingerprint density at radius 2 is 1.36 bits per heavy atom. The fraction of sp³-hybridized carbons (Fsp3) is 0.957. The molecule has 2 atom stereocenters. The lowest BCUT2D eigenvalue weighted by molar-refractivity contribution is 0.227. The number of rotatable bonds is 4. The van der Waals surface area contributed by atoms with E-state index < -0.39 is 0 Å². The van der Waals surface area contributed by atoms with Gasteiger partial charge < -0.3 is 4.90 Å². The fourth-order valence-corrected chi connectivity index (χ4v) is 2.66. The van der Waals surface area contributed by atoms with Gasteiger partial charge in [-0.15, -0.1) is 0 Å². The van der Waals surface area contributed by atoms with Crippen molar-refractivity contribution in [1.82, 2.24) is 4.90 Å². The Bertz CT molecular complexity index is 283. The molecule has 0 heterocycles. The van der Waals surface area contributed by atoms with Crippen molar-refractivity contribution in [3.63, 3.8) is 0 Å². The molecule has 154 valence electrons. The first-order chi connectivity index (χ1) is 11.5. The summed E-state index contributed by atoms with van der Waals surface area (Å²) in [5.74, 6) is 0.835. The summed E-state index contributed by atoms with van der Waals surface area (Å²) in [5, 5.41) is 7.45. The highest BCUT2D eigenvalue weighted by Gasteiger charge is 2.34. The fourth-order valence-electron chi connectivity index (χ4n) is 2.66. The molecule has 0 aromatic carbocycles. The van der Waals surface area contributed by atoms with Crippen molar-refractivity contribution < 1.29 is 0 Å². The van der Waals surface area contributed by atoms with E-state index in [9.17, 15) is 0 Å². The number of nitrogens with one attached hydrogen (secondary N) is 1. The van der Waals surface area contributed by atoms with Crippen LogP contribution in [0, 0.1) is 22.2 Å². The second-order valence-electron chi connectivity index (χ2n) is 8.81. The van der Waals surface area contributed by atoms with E-state index in [-0.39, 0.29) is 0 Å². The average Bonchev–Trinajstić information content (AvgIpc) is 3.06. The average molecular weight is 357 g/mol. The lowest BCUT2D eigenvalue weighted by Gasteiger charge is -2.29. The Kier molecular flexibility index (Phi) is 18.4. The smallest absolute Gasteiger partial charge is 0.0819 e. The summed E-state index contributed by atoms with van der Waals surface area (Å²) in [6.07, 6.45) is 7.84. The zero-order valence-electron chi connectivity index (χ0n) is 19.9. The molecule has 0 bridgehead atoms. The molecule has 0 aliphatic heterocycles. The minimum absolute atomic E-state index is 0.439. The van der Waals surface area contributed by atoms with E-state index in [1.165, 1.54) is 25.7 Å². The molecule has 2 nitrogen and oxygen atoms in total. The highest BCUT2D eigenvalue weighted by molar-refractivity contribution is 5.51. The van der Waals surface area contributed by atoms with Crippen LogP contribution in [0.3, 0.4) is 0 Å². The molecule has 0 radical (unpaired) electrons. The van der Waals surface area contributed by atoms with Gasteiger partial charge in [0.2, 0.25) is 0 Å². The Hall–Kier alpha value is -0.530. The SMILES string of the molecule is CC.CC.CCC(C)(C)C.CCCN(C=N)C1CC[C@H](C(C)(C)C)C1. The molecule has 0 aromatic rings. The van der Waals surface area contributed by atoms with Crippen molar-refractivity contribution in [2.75, 3.05) is 6.54 Å². The van der Waals surface area contributed by atoms with Crippen LogP contribution in [0.1, 0.15) is 115 Å². The summed E-state index contributed by atoms with van der Waals surface area (Å²) in [4.78, 5) is 2.23. The molecule has 1 rings (SSSR count). The Morgan fingerprint density at radius 1 is 0.920 bits per heavy atom. The summed E-state index contributed by atoms with van der Waals surface area (Å²) in [6.45, 7) is 27.2. The van der Waals surface area contributed by atoms with Crippen LogP contribution in [0.25, 0.3) is 0 Å². The van der Waals surface area contributed by atoms with Gasteiger partial charge in [-0.3, -0.25) is 5.41 Å². The predicted octanol–water partition coefficient (Wildman–Crippen LogP) is 8.02. The molecule has 0 aromatic heterocycles. The minimum atomic E-state index is 0.439. The molecule has 1 N–H and O–H groups in total. The van der Waals surface area contributed by atoms with Crippen LogP contribution in [0.15, 0.2) is 0 Å². The van der Waals surface area contributed by atoms with E-state index >= 15 is 0 Å². The van der Waals surface area contributed by atoms with Crippen molar-refractivity contribution in [2.24, 2.45) is 16.7 Å². The second-order valence-corrected chi connectivity index (χ2v) is 8.81. The first-order valence-corrected chi connectivity index (χ1v) is 10.8. The van der Waals surface area contributed by atoms with Gasteiger partial charge >= 0.3 is 0 Å². The lowest BCUT2D eigenvalue weighted by Crippen LogP contribution is -2.33. The Balaban J connectivity index is -0.000000407. The van der Waals surface area contributed by atoms with Gasteiger partial charge in [0.05, 0.1) is 6.34 Å². The normalized spacial score (nSPS) is 19.4. The largest absolute Gasteiger partial charge is 0.360 e. The lowest BCUT2D eigenvalue weighted by atomic mass is 9.79. The number of hydrogen-bond acceptors (Lipinski definition) is 1. The van der Waals surface area contributed by atoms with Crippen molar-refractivity contribution in [1.29, 1.82) is 5.41 Å². The summed E-state index contributed by atoms with van der Waals surface area (Å²) in [5.41, 5.74) is 0.981. The Morgan fingerprint density at radius 3 is 1.60 bits per heavy atom. The molecule has 1 fully saturated rings. The van der Waals surface area contributed by atoms with Gasteiger partial charge in [-0.2, -0.15) is 0 Å².